The molecule has 0 N–H and O–H groups in total. The largest absolute Gasteiger partial charge is 0.462 e. The second kappa shape index (κ2) is 5.32. The van der Waals surface area contributed by atoms with Gasteiger partial charge in [-0.2, -0.15) is 66.5 Å². The summed E-state index contributed by atoms with van der Waals surface area (Å²) in [6.07, 6.45) is -22.0. The topological polar surface area (TPSA) is 12.4 Å². The number of aliphatic imine (C=N–C) groups is 1. The molecule has 0 bridgehead atoms. The summed E-state index contributed by atoms with van der Waals surface area (Å²) < 4.78 is 181. The highest BCUT2D eigenvalue weighted by molar-refractivity contribution is 5.86. The molecule has 0 spiro atoms. The normalized spacial score (nSPS) is 16.7. The Balaban J connectivity index is 6.28. The highest BCUT2D eigenvalue weighted by Gasteiger charge is 2.79. The van der Waals surface area contributed by atoms with Gasteiger partial charge in [-0.3, -0.25) is 0 Å². The number of halogens is 15. The molecular weight excluding hydrogens is 383 g/mol. The van der Waals surface area contributed by atoms with E-state index < -0.39 is 42.1 Å². The van der Waals surface area contributed by atoms with E-state index in [-0.39, 0.29) is 4.99 Å². The average Bonchev–Trinajstić information content (AvgIpc) is 2.21. The number of alkyl halides is 14. The van der Waals surface area contributed by atoms with Crippen LogP contribution in [0.2, 0.25) is 0 Å². The Kier molecular flexibility index (Phi) is 5.00. The van der Waals surface area contributed by atoms with Crippen LogP contribution >= 0.6 is 0 Å². The summed E-state index contributed by atoms with van der Waals surface area (Å²) in [5.74, 6) is -12.2. The first-order valence-electron chi connectivity index (χ1n) is 4.53. The Bertz CT molecular complexity index is 448. The van der Waals surface area contributed by atoms with Crippen molar-refractivity contribution >= 4 is 5.97 Å². The predicted octanol–water partition coefficient (Wildman–Crippen LogP) is 4.98. The van der Waals surface area contributed by atoms with Gasteiger partial charge in [0.05, 0.1) is 0 Å². The summed E-state index contributed by atoms with van der Waals surface area (Å²) in [7, 11) is 0. The van der Waals surface area contributed by atoms with E-state index in [1.165, 1.54) is 0 Å². The van der Waals surface area contributed by atoms with Gasteiger partial charge in [-0.15, -0.1) is 0 Å². The molecule has 0 unspecified atom stereocenters. The molecule has 0 saturated carbocycles. The Labute approximate surface area is 114 Å². The number of hydrogen-bond acceptors (Lipinski definition) is 1. The van der Waals surface area contributed by atoms with E-state index in [9.17, 15) is 65.9 Å². The van der Waals surface area contributed by atoms with Crippen LogP contribution in [0.3, 0.4) is 0 Å². The molecule has 0 heterocycles. The molecule has 1 nitrogen and oxygen atoms in total. The van der Waals surface area contributed by atoms with E-state index in [1.54, 1.807) is 0 Å². The van der Waals surface area contributed by atoms with Crippen LogP contribution in [0, 0.1) is 0 Å². The zero-order chi connectivity index (χ0) is 19.3. The maximum atomic E-state index is 12.8. The van der Waals surface area contributed by atoms with E-state index in [0.29, 0.717) is 0 Å². The second-order valence-electron chi connectivity index (χ2n) is 3.67. The van der Waals surface area contributed by atoms with E-state index in [4.69, 9.17) is 0 Å². The van der Waals surface area contributed by atoms with E-state index in [1.807, 2.05) is 0 Å². The van der Waals surface area contributed by atoms with E-state index in [0.717, 1.165) is 0 Å². The Morgan fingerprint density at radius 2 is 0.826 bits per heavy atom. The van der Waals surface area contributed by atoms with Gasteiger partial charge in [-0.05, 0) is 0 Å². The van der Waals surface area contributed by atoms with Crippen molar-refractivity contribution in [2.45, 2.75) is 36.2 Å². The number of rotatable bonds is 3. The molecule has 0 rings (SSSR count). The van der Waals surface area contributed by atoms with Crippen molar-refractivity contribution in [1.82, 2.24) is 0 Å². The monoisotopic (exact) mass is 383 g/mol. The SMILES string of the molecule is FC(=NC(F)(F)C(F)(F)C(F)(F)F)C(F)(C(F)(F)F)C(F)(F)F. The molecule has 0 atom stereocenters. The third-order valence-corrected chi connectivity index (χ3v) is 2.04. The minimum atomic E-state index is -7.38. The minimum Gasteiger partial charge on any atom is -0.214 e. The fraction of sp³-hybridized carbons (Fsp3) is 0.857. The molecule has 0 aliphatic rings. The van der Waals surface area contributed by atoms with Gasteiger partial charge in [0.15, 0.2) is 0 Å². The molecule has 16 heteroatoms. The molecule has 0 amide bonds. The first-order chi connectivity index (χ1) is 9.63. The third-order valence-electron chi connectivity index (χ3n) is 2.04. The van der Waals surface area contributed by atoms with Gasteiger partial charge in [0, 0.05) is 0 Å². The quantitative estimate of drug-likeness (QED) is 0.371. The molecule has 23 heavy (non-hydrogen) atoms. The molecular formula is C7F15N. The standard InChI is InChI=1S/C7F15N/c8-1(2(9,4(12,13)14)5(15,16)17)23-7(21,22)3(10,11)6(18,19)20. The summed E-state index contributed by atoms with van der Waals surface area (Å²) in [6.45, 7) is 0. The molecule has 0 aromatic rings. The lowest BCUT2D eigenvalue weighted by atomic mass is 10.1. The summed E-state index contributed by atoms with van der Waals surface area (Å²) in [6, 6.07) is -7.19. The van der Waals surface area contributed by atoms with Crippen LogP contribution in [0.1, 0.15) is 0 Å². The first-order valence-corrected chi connectivity index (χ1v) is 4.53. The summed E-state index contributed by atoms with van der Waals surface area (Å²) >= 11 is 0. The second-order valence-corrected chi connectivity index (χ2v) is 3.67. The van der Waals surface area contributed by atoms with Gasteiger partial charge in [0.2, 0.25) is 5.97 Å². The van der Waals surface area contributed by atoms with Crippen molar-refractivity contribution in [3.63, 3.8) is 0 Å². The summed E-state index contributed by atoms with van der Waals surface area (Å²) in [4.78, 5) is 0.0837. The maximum Gasteiger partial charge on any atom is 0.462 e. The van der Waals surface area contributed by atoms with Crippen LogP contribution in [-0.4, -0.2) is 42.1 Å². The minimum absolute atomic E-state index is 0.0837. The van der Waals surface area contributed by atoms with Gasteiger partial charge in [-0.1, -0.05) is 0 Å². The van der Waals surface area contributed by atoms with Crippen molar-refractivity contribution in [2.75, 3.05) is 0 Å². The molecule has 0 aromatic carbocycles. The van der Waals surface area contributed by atoms with Crippen LogP contribution in [0.5, 0.6) is 0 Å². The van der Waals surface area contributed by atoms with Crippen molar-refractivity contribution < 1.29 is 65.9 Å². The van der Waals surface area contributed by atoms with Crippen molar-refractivity contribution in [3.8, 4) is 0 Å². The van der Waals surface area contributed by atoms with Crippen LogP contribution < -0.4 is 0 Å². The van der Waals surface area contributed by atoms with Gasteiger partial charge in [0.1, 0.15) is 0 Å². The summed E-state index contributed by atoms with van der Waals surface area (Å²) in [5, 5.41) is 0. The first kappa shape index (κ1) is 21.6. The van der Waals surface area contributed by atoms with Crippen molar-refractivity contribution in [3.05, 3.63) is 0 Å². The molecule has 0 aromatic heterocycles. The lowest BCUT2D eigenvalue weighted by Gasteiger charge is -2.29. The van der Waals surface area contributed by atoms with Crippen molar-refractivity contribution in [2.24, 2.45) is 4.99 Å². The van der Waals surface area contributed by atoms with Crippen LogP contribution in [0.4, 0.5) is 65.9 Å². The van der Waals surface area contributed by atoms with Gasteiger partial charge >= 0.3 is 36.2 Å². The molecule has 0 aliphatic heterocycles. The smallest absolute Gasteiger partial charge is 0.214 e. The highest BCUT2D eigenvalue weighted by Crippen LogP contribution is 2.51. The van der Waals surface area contributed by atoms with E-state index >= 15 is 0 Å². The lowest BCUT2D eigenvalue weighted by Crippen LogP contribution is -2.59. The van der Waals surface area contributed by atoms with Crippen LogP contribution in [0.25, 0.3) is 0 Å². The van der Waals surface area contributed by atoms with Gasteiger partial charge < -0.3 is 0 Å². The zero-order valence-corrected chi connectivity index (χ0v) is 9.62. The Hall–Kier alpha value is -1.38. The molecule has 0 radical (unpaired) electrons. The lowest BCUT2D eigenvalue weighted by molar-refractivity contribution is -0.353. The zero-order valence-electron chi connectivity index (χ0n) is 9.62. The number of nitrogens with zero attached hydrogens (tertiary/aromatic N) is 1. The summed E-state index contributed by atoms with van der Waals surface area (Å²) in [5.41, 5.74) is -7.31. The average molecular weight is 383 g/mol. The van der Waals surface area contributed by atoms with Gasteiger partial charge in [-0.25, -0.2) is 4.39 Å². The Morgan fingerprint density at radius 3 is 1.04 bits per heavy atom. The number of hydrogen-bond donors (Lipinski definition) is 0. The van der Waals surface area contributed by atoms with Crippen LogP contribution in [-0.2, 0) is 0 Å². The van der Waals surface area contributed by atoms with E-state index in [2.05, 4.69) is 0 Å². The van der Waals surface area contributed by atoms with Crippen molar-refractivity contribution in [1.29, 1.82) is 0 Å². The Morgan fingerprint density at radius 1 is 0.522 bits per heavy atom. The molecule has 0 saturated heterocycles. The molecule has 0 fully saturated rings. The maximum absolute atomic E-state index is 12.8. The fourth-order valence-corrected chi connectivity index (χ4v) is 0.836. The van der Waals surface area contributed by atoms with Gasteiger partial charge in [0.25, 0.3) is 0 Å². The molecule has 138 valence electrons. The fourth-order valence-electron chi connectivity index (χ4n) is 0.836. The molecule has 0 aliphatic carbocycles. The van der Waals surface area contributed by atoms with Crippen LogP contribution in [0.15, 0.2) is 4.99 Å². The highest BCUT2D eigenvalue weighted by atomic mass is 19.4. The third kappa shape index (κ3) is 3.44. The predicted molar refractivity (Wildman–Crippen MR) is 40.4 cm³/mol.